The summed E-state index contributed by atoms with van der Waals surface area (Å²) in [6.45, 7) is 2.57. The first-order valence-electron chi connectivity index (χ1n) is 7.83. The van der Waals surface area contributed by atoms with Crippen molar-refractivity contribution in [2.45, 2.75) is 18.9 Å². The van der Waals surface area contributed by atoms with E-state index in [1.165, 1.54) is 6.07 Å². The van der Waals surface area contributed by atoms with Crippen molar-refractivity contribution in [1.29, 1.82) is 0 Å². The third-order valence-corrected chi connectivity index (χ3v) is 4.61. The molecule has 2 atom stereocenters. The average Bonchev–Trinajstić information content (AvgIpc) is 2.97. The second-order valence-corrected chi connectivity index (χ2v) is 6.10. The Labute approximate surface area is 140 Å². The van der Waals surface area contributed by atoms with E-state index in [2.05, 4.69) is 0 Å². The van der Waals surface area contributed by atoms with E-state index in [0.29, 0.717) is 24.2 Å². The van der Waals surface area contributed by atoms with Crippen LogP contribution in [0.25, 0.3) is 0 Å². The number of likely N-dealkylation sites (tertiary alicyclic amines) is 1. The van der Waals surface area contributed by atoms with Gasteiger partial charge in [-0.15, -0.1) is 0 Å². The van der Waals surface area contributed by atoms with Crippen LogP contribution in [0.3, 0.4) is 0 Å². The van der Waals surface area contributed by atoms with Crippen LogP contribution in [0.1, 0.15) is 27.4 Å². The summed E-state index contributed by atoms with van der Waals surface area (Å²) in [5.74, 6) is -0.126. The van der Waals surface area contributed by atoms with Crippen LogP contribution >= 0.6 is 0 Å². The normalized spacial score (nSPS) is 20.2. The van der Waals surface area contributed by atoms with Gasteiger partial charge in [0.15, 0.2) is 0 Å². The highest BCUT2D eigenvalue weighted by Crippen LogP contribution is 2.29. The summed E-state index contributed by atoms with van der Waals surface area (Å²) in [5, 5.41) is 11.1. The minimum Gasteiger partial charge on any atom is -0.336 e. The van der Waals surface area contributed by atoms with Gasteiger partial charge in [-0.1, -0.05) is 36.4 Å². The van der Waals surface area contributed by atoms with E-state index in [1.54, 1.807) is 24.0 Å². The molecule has 0 unspecified atom stereocenters. The standard InChI is InChI=1S/C18H19N3O3/c1-12-14(8-5-9-17(12)21(23)24)18(22)20-10-15(16(19)11-20)13-6-3-2-4-7-13/h2-9,15-16H,10-11,19H2,1H3/t15-,16+/m0/s1. The van der Waals surface area contributed by atoms with Crippen LogP contribution in [0.15, 0.2) is 48.5 Å². The number of carbonyl (C=O) groups is 1. The number of hydrogen-bond acceptors (Lipinski definition) is 4. The summed E-state index contributed by atoms with van der Waals surface area (Å²) in [5.41, 5.74) is 8.06. The van der Waals surface area contributed by atoms with E-state index in [1.807, 2.05) is 30.3 Å². The van der Waals surface area contributed by atoms with E-state index >= 15 is 0 Å². The van der Waals surface area contributed by atoms with E-state index in [-0.39, 0.29) is 23.6 Å². The van der Waals surface area contributed by atoms with Crippen molar-refractivity contribution in [2.75, 3.05) is 13.1 Å². The van der Waals surface area contributed by atoms with Gasteiger partial charge in [0.2, 0.25) is 0 Å². The van der Waals surface area contributed by atoms with Crippen LogP contribution in [0.5, 0.6) is 0 Å². The predicted octanol–water partition coefficient (Wildman–Crippen LogP) is 2.47. The van der Waals surface area contributed by atoms with Gasteiger partial charge in [-0.05, 0) is 18.6 Å². The molecule has 2 N–H and O–H groups in total. The second-order valence-electron chi connectivity index (χ2n) is 6.10. The Morgan fingerprint density at radius 3 is 2.54 bits per heavy atom. The quantitative estimate of drug-likeness (QED) is 0.693. The molecule has 6 heteroatoms. The number of nitro benzene ring substituents is 1. The summed E-state index contributed by atoms with van der Waals surface area (Å²) in [4.78, 5) is 25.1. The Bertz CT molecular complexity index is 776. The van der Waals surface area contributed by atoms with Crippen molar-refractivity contribution in [3.05, 3.63) is 75.3 Å². The van der Waals surface area contributed by atoms with E-state index < -0.39 is 4.92 Å². The van der Waals surface area contributed by atoms with Gasteiger partial charge < -0.3 is 10.6 Å². The van der Waals surface area contributed by atoms with Crippen LogP contribution in [-0.2, 0) is 0 Å². The van der Waals surface area contributed by atoms with Crippen LogP contribution in [-0.4, -0.2) is 34.9 Å². The number of nitrogens with two attached hydrogens (primary N) is 1. The molecule has 124 valence electrons. The number of hydrogen-bond donors (Lipinski definition) is 1. The van der Waals surface area contributed by atoms with Gasteiger partial charge in [0, 0.05) is 42.2 Å². The molecule has 0 aliphatic carbocycles. The van der Waals surface area contributed by atoms with Gasteiger partial charge in [0.05, 0.1) is 4.92 Å². The molecule has 0 radical (unpaired) electrons. The molecule has 3 rings (SSSR count). The molecule has 6 nitrogen and oxygen atoms in total. The van der Waals surface area contributed by atoms with Crippen LogP contribution in [0.2, 0.25) is 0 Å². The Kier molecular flexibility index (Phi) is 4.31. The second kappa shape index (κ2) is 6.41. The highest BCUT2D eigenvalue weighted by atomic mass is 16.6. The maximum absolute atomic E-state index is 12.8. The highest BCUT2D eigenvalue weighted by Gasteiger charge is 2.35. The van der Waals surface area contributed by atoms with Crippen LogP contribution < -0.4 is 5.73 Å². The maximum Gasteiger partial charge on any atom is 0.273 e. The average molecular weight is 325 g/mol. The molecule has 0 bridgehead atoms. The van der Waals surface area contributed by atoms with Crippen molar-refractivity contribution in [2.24, 2.45) is 5.73 Å². The van der Waals surface area contributed by atoms with Gasteiger partial charge in [0.25, 0.3) is 11.6 Å². The molecule has 1 amide bonds. The number of nitro groups is 1. The zero-order valence-corrected chi connectivity index (χ0v) is 13.4. The molecule has 0 aromatic heterocycles. The Hall–Kier alpha value is -2.73. The third kappa shape index (κ3) is 2.88. The molecular weight excluding hydrogens is 306 g/mol. The molecule has 1 aliphatic rings. The number of nitrogens with zero attached hydrogens (tertiary/aromatic N) is 2. The SMILES string of the molecule is Cc1c(C(=O)N2C[C@@H](N)[C@H](c3ccccc3)C2)cccc1[N+](=O)[O-]. The van der Waals surface area contributed by atoms with E-state index in [4.69, 9.17) is 5.73 Å². The summed E-state index contributed by atoms with van der Waals surface area (Å²) < 4.78 is 0. The molecule has 0 saturated carbocycles. The number of carbonyl (C=O) groups excluding carboxylic acids is 1. The molecule has 1 aliphatic heterocycles. The van der Waals surface area contributed by atoms with Gasteiger partial charge >= 0.3 is 0 Å². The smallest absolute Gasteiger partial charge is 0.273 e. The van der Waals surface area contributed by atoms with E-state index in [9.17, 15) is 14.9 Å². The van der Waals surface area contributed by atoms with Gasteiger partial charge in [-0.3, -0.25) is 14.9 Å². The maximum atomic E-state index is 12.8. The first kappa shape index (κ1) is 16.1. The lowest BCUT2D eigenvalue weighted by molar-refractivity contribution is -0.385. The third-order valence-electron chi connectivity index (χ3n) is 4.61. The zero-order chi connectivity index (χ0) is 17.3. The van der Waals surface area contributed by atoms with E-state index in [0.717, 1.165) is 5.56 Å². The minimum atomic E-state index is -0.464. The van der Waals surface area contributed by atoms with Gasteiger partial charge in [0.1, 0.15) is 0 Å². The molecule has 1 fully saturated rings. The number of rotatable bonds is 3. The fourth-order valence-corrected chi connectivity index (χ4v) is 3.27. The lowest BCUT2D eigenvalue weighted by Gasteiger charge is -2.17. The Morgan fingerprint density at radius 1 is 1.17 bits per heavy atom. The molecule has 1 saturated heterocycles. The van der Waals surface area contributed by atoms with Crippen molar-refractivity contribution in [3.8, 4) is 0 Å². The molecular formula is C18H19N3O3. The Morgan fingerprint density at radius 2 is 1.88 bits per heavy atom. The van der Waals surface area contributed by atoms with Gasteiger partial charge in [-0.25, -0.2) is 0 Å². The highest BCUT2D eigenvalue weighted by molar-refractivity contribution is 5.96. The molecule has 24 heavy (non-hydrogen) atoms. The summed E-state index contributed by atoms with van der Waals surface area (Å²) >= 11 is 0. The monoisotopic (exact) mass is 325 g/mol. The molecule has 2 aromatic rings. The predicted molar refractivity (Wildman–Crippen MR) is 90.9 cm³/mol. The Balaban J connectivity index is 1.85. The van der Waals surface area contributed by atoms with Crippen LogP contribution in [0, 0.1) is 17.0 Å². The topological polar surface area (TPSA) is 89.5 Å². The fourth-order valence-electron chi connectivity index (χ4n) is 3.27. The van der Waals surface area contributed by atoms with Crippen molar-refractivity contribution < 1.29 is 9.72 Å². The fraction of sp³-hybridized carbons (Fsp3) is 0.278. The minimum absolute atomic E-state index is 0.0380. The lowest BCUT2D eigenvalue weighted by Crippen LogP contribution is -2.32. The molecule has 1 heterocycles. The summed E-state index contributed by atoms with van der Waals surface area (Å²) in [7, 11) is 0. The molecule has 2 aromatic carbocycles. The first-order valence-corrected chi connectivity index (χ1v) is 7.83. The number of benzene rings is 2. The number of amides is 1. The molecule has 0 spiro atoms. The van der Waals surface area contributed by atoms with Crippen molar-refractivity contribution >= 4 is 11.6 Å². The lowest BCUT2D eigenvalue weighted by atomic mass is 9.95. The van der Waals surface area contributed by atoms with Gasteiger partial charge in [-0.2, -0.15) is 0 Å². The zero-order valence-electron chi connectivity index (χ0n) is 13.4. The van der Waals surface area contributed by atoms with Crippen molar-refractivity contribution in [1.82, 2.24) is 4.90 Å². The summed E-state index contributed by atoms with van der Waals surface area (Å²) in [6.07, 6.45) is 0. The largest absolute Gasteiger partial charge is 0.336 e. The summed E-state index contributed by atoms with van der Waals surface area (Å²) in [6, 6.07) is 14.3. The van der Waals surface area contributed by atoms with Crippen molar-refractivity contribution in [3.63, 3.8) is 0 Å². The van der Waals surface area contributed by atoms with Crippen LogP contribution in [0.4, 0.5) is 5.69 Å². The first-order chi connectivity index (χ1) is 11.5.